The Hall–Kier alpha value is -1.75. The number of benzene rings is 1. The van der Waals surface area contributed by atoms with Gasteiger partial charge in [-0.2, -0.15) is 4.98 Å². The second kappa shape index (κ2) is 7.01. The Balaban J connectivity index is 1.60. The van der Waals surface area contributed by atoms with Gasteiger partial charge in [-0.05, 0) is 31.5 Å². The summed E-state index contributed by atoms with van der Waals surface area (Å²) in [5.41, 5.74) is 0.593. The van der Waals surface area contributed by atoms with Gasteiger partial charge in [0.2, 0.25) is 5.89 Å². The van der Waals surface area contributed by atoms with Crippen molar-refractivity contribution in [3.8, 4) is 0 Å². The Labute approximate surface area is 130 Å². The molecule has 1 aliphatic carbocycles. The van der Waals surface area contributed by atoms with Crippen molar-refractivity contribution in [1.29, 1.82) is 0 Å². The topological polar surface area (TPSA) is 42.2 Å². The highest BCUT2D eigenvalue weighted by Crippen LogP contribution is 2.22. The van der Waals surface area contributed by atoms with E-state index >= 15 is 0 Å². The molecule has 0 spiro atoms. The molecule has 0 radical (unpaired) electrons. The molecule has 4 nitrogen and oxygen atoms in total. The first-order valence-corrected chi connectivity index (χ1v) is 7.97. The van der Waals surface area contributed by atoms with Gasteiger partial charge in [-0.1, -0.05) is 42.6 Å². The number of halogens is 1. The van der Waals surface area contributed by atoms with Crippen LogP contribution in [0.2, 0.25) is 0 Å². The summed E-state index contributed by atoms with van der Waals surface area (Å²) in [6.45, 7) is 0.662. The zero-order valence-electron chi connectivity index (χ0n) is 13.0. The van der Waals surface area contributed by atoms with Gasteiger partial charge in [0.15, 0.2) is 5.82 Å². The van der Waals surface area contributed by atoms with E-state index in [1.165, 1.54) is 38.2 Å². The first kappa shape index (κ1) is 15.2. The highest BCUT2D eigenvalue weighted by molar-refractivity contribution is 5.20. The number of hydrogen-bond donors (Lipinski definition) is 0. The maximum atomic E-state index is 13.6. The van der Waals surface area contributed by atoms with E-state index in [-0.39, 0.29) is 5.82 Å². The summed E-state index contributed by atoms with van der Waals surface area (Å²) in [6, 6.07) is 7.30. The molecule has 0 amide bonds. The second-order valence-electron chi connectivity index (χ2n) is 6.08. The normalized spacial score (nSPS) is 16.3. The third-order valence-electron chi connectivity index (χ3n) is 4.40. The van der Waals surface area contributed by atoms with Crippen LogP contribution in [0, 0.1) is 5.82 Å². The highest BCUT2D eigenvalue weighted by atomic mass is 19.1. The zero-order chi connectivity index (χ0) is 15.4. The standard InChI is InChI=1S/C17H22FN3O/c1-21(14-8-3-2-4-9-14)12-17-19-16(20-22-17)11-13-7-5-6-10-15(13)18/h5-7,10,14H,2-4,8-9,11-12H2,1H3. The van der Waals surface area contributed by atoms with Crippen molar-refractivity contribution in [3.63, 3.8) is 0 Å². The average molecular weight is 303 g/mol. The molecule has 3 rings (SSSR count). The predicted octanol–water partition coefficient (Wildman–Crippen LogP) is 3.56. The van der Waals surface area contributed by atoms with Gasteiger partial charge in [0, 0.05) is 12.5 Å². The van der Waals surface area contributed by atoms with Crippen LogP contribution >= 0.6 is 0 Å². The lowest BCUT2D eigenvalue weighted by atomic mass is 9.94. The molecule has 5 heteroatoms. The molecule has 1 aromatic carbocycles. The van der Waals surface area contributed by atoms with Crippen molar-refractivity contribution in [2.75, 3.05) is 7.05 Å². The Bertz CT molecular complexity index is 607. The summed E-state index contributed by atoms with van der Waals surface area (Å²) < 4.78 is 19.0. The fraction of sp³-hybridized carbons (Fsp3) is 0.529. The fourth-order valence-electron chi connectivity index (χ4n) is 3.10. The summed E-state index contributed by atoms with van der Waals surface area (Å²) in [5, 5.41) is 3.97. The van der Waals surface area contributed by atoms with E-state index in [1.54, 1.807) is 12.1 Å². The van der Waals surface area contributed by atoms with Gasteiger partial charge >= 0.3 is 0 Å². The van der Waals surface area contributed by atoms with Crippen LogP contribution < -0.4 is 0 Å². The van der Waals surface area contributed by atoms with E-state index in [2.05, 4.69) is 22.1 Å². The first-order chi connectivity index (χ1) is 10.7. The van der Waals surface area contributed by atoms with Crippen LogP contribution in [0.5, 0.6) is 0 Å². The molecule has 1 fully saturated rings. The lowest BCUT2D eigenvalue weighted by molar-refractivity contribution is 0.165. The molecule has 0 saturated heterocycles. The molecule has 0 unspecified atom stereocenters. The lowest BCUT2D eigenvalue weighted by Gasteiger charge is -2.29. The average Bonchev–Trinajstić information content (AvgIpc) is 2.97. The minimum absolute atomic E-state index is 0.229. The molecular formula is C17H22FN3O. The molecule has 2 aromatic rings. The quantitative estimate of drug-likeness (QED) is 0.847. The van der Waals surface area contributed by atoms with Crippen molar-refractivity contribution in [2.45, 2.75) is 51.1 Å². The second-order valence-corrected chi connectivity index (χ2v) is 6.08. The third-order valence-corrected chi connectivity index (χ3v) is 4.40. The smallest absolute Gasteiger partial charge is 0.240 e. The Kier molecular flexibility index (Phi) is 4.83. The van der Waals surface area contributed by atoms with Crippen molar-refractivity contribution in [2.24, 2.45) is 0 Å². The van der Waals surface area contributed by atoms with Crippen LogP contribution in [0.15, 0.2) is 28.8 Å². The van der Waals surface area contributed by atoms with Gasteiger partial charge in [-0.25, -0.2) is 4.39 Å². The SMILES string of the molecule is CN(Cc1nc(Cc2ccccc2F)no1)C1CCCCC1. The van der Waals surface area contributed by atoms with Gasteiger partial charge in [-0.15, -0.1) is 0 Å². The van der Waals surface area contributed by atoms with E-state index in [9.17, 15) is 4.39 Å². The Morgan fingerprint density at radius 3 is 2.77 bits per heavy atom. The van der Waals surface area contributed by atoms with Gasteiger partial charge in [0.25, 0.3) is 0 Å². The molecule has 0 aliphatic heterocycles. The molecule has 1 saturated carbocycles. The maximum Gasteiger partial charge on any atom is 0.240 e. The van der Waals surface area contributed by atoms with Crippen LogP contribution in [-0.4, -0.2) is 28.1 Å². The predicted molar refractivity (Wildman–Crippen MR) is 81.8 cm³/mol. The minimum atomic E-state index is -0.229. The van der Waals surface area contributed by atoms with Crippen LogP contribution in [0.1, 0.15) is 49.4 Å². The molecule has 1 aromatic heterocycles. The zero-order valence-corrected chi connectivity index (χ0v) is 13.0. The largest absolute Gasteiger partial charge is 0.338 e. The van der Waals surface area contributed by atoms with Gasteiger partial charge in [0.05, 0.1) is 6.54 Å². The number of aromatic nitrogens is 2. The maximum absolute atomic E-state index is 13.6. The van der Waals surface area contributed by atoms with Crippen LogP contribution in [0.3, 0.4) is 0 Å². The number of rotatable bonds is 5. The van der Waals surface area contributed by atoms with Crippen molar-refractivity contribution < 1.29 is 8.91 Å². The summed E-state index contributed by atoms with van der Waals surface area (Å²) in [7, 11) is 2.11. The fourth-order valence-corrected chi connectivity index (χ4v) is 3.10. The van der Waals surface area contributed by atoms with Crippen LogP contribution in [0.4, 0.5) is 4.39 Å². The Morgan fingerprint density at radius 1 is 1.23 bits per heavy atom. The van der Waals surface area contributed by atoms with Crippen molar-refractivity contribution >= 4 is 0 Å². The van der Waals surface area contributed by atoms with Gasteiger partial charge in [-0.3, -0.25) is 4.90 Å². The van der Waals surface area contributed by atoms with E-state index in [0.29, 0.717) is 36.3 Å². The number of hydrogen-bond acceptors (Lipinski definition) is 4. The molecule has 22 heavy (non-hydrogen) atoms. The van der Waals surface area contributed by atoms with Gasteiger partial charge < -0.3 is 4.52 Å². The van der Waals surface area contributed by atoms with Crippen molar-refractivity contribution in [1.82, 2.24) is 15.0 Å². The molecule has 1 aliphatic rings. The molecule has 0 N–H and O–H groups in total. The van der Waals surface area contributed by atoms with Gasteiger partial charge in [0.1, 0.15) is 5.82 Å². The minimum Gasteiger partial charge on any atom is -0.338 e. The summed E-state index contributed by atoms with van der Waals surface area (Å²) in [5.74, 6) is 0.921. The van der Waals surface area contributed by atoms with Crippen LogP contribution in [0.25, 0.3) is 0 Å². The van der Waals surface area contributed by atoms with E-state index in [1.807, 2.05) is 6.07 Å². The van der Waals surface area contributed by atoms with E-state index in [0.717, 1.165) is 0 Å². The molecule has 118 valence electrons. The Morgan fingerprint density at radius 2 is 2.00 bits per heavy atom. The monoisotopic (exact) mass is 303 g/mol. The molecule has 0 atom stereocenters. The molecule has 0 bridgehead atoms. The number of nitrogens with zero attached hydrogens (tertiary/aromatic N) is 3. The first-order valence-electron chi connectivity index (χ1n) is 7.97. The third kappa shape index (κ3) is 3.71. The van der Waals surface area contributed by atoms with Crippen molar-refractivity contribution in [3.05, 3.63) is 47.4 Å². The molecular weight excluding hydrogens is 281 g/mol. The van der Waals surface area contributed by atoms with Crippen LogP contribution in [-0.2, 0) is 13.0 Å². The molecule has 1 heterocycles. The van der Waals surface area contributed by atoms with E-state index in [4.69, 9.17) is 4.52 Å². The summed E-state index contributed by atoms with van der Waals surface area (Å²) >= 11 is 0. The lowest BCUT2D eigenvalue weighted by Crippen LogP contribution is -2.32. The summed E-state index contributed by atoms with van der Waals surface area (Å²) in [4.78, 5) is 6.69. The van der Waals surface area contributed by atoms with E-state index < -0.39 is 0 Å². The summed E-state index contributed by atoms with van der Waals surface area (Å²) in [6.07, 6.45) is 6.80. The highest BCUT2D eigenvalue weighted by Gasteiger charge is 2.20.